The first-order valence-corrected chi connectivity index (χ1v) is 5.33. The van der Waals surface area contributed by atoms with Crippen LogP contribution in [0.2, 0.25) is 0 Å². The molecule has 1 rings (SSSR count). The highest BCUT2D eigenvalue weighted by atomic mass is 16.5. The molecule has 5 nitrogen and oxygen atoms in total. The van der Waals surface area contributed by atoms with Crippen LogP contribution in [0.1, 0.15) is 13.3 Å². The summed E-state index contributed by atoms with van der Waals surface area (Å²) in [5, 5.41) is 5.81. The molecule has 1 saturated heterocycles. The molecule has 0 aromatic heterocycles. The van der Waals surface area contributed by atoms with Gasteiger partial charge in [-0.25, -0.2) is 0 Å². The van der Waals surface area contributed by atoms with Crippen LogP contribution in [0.4, 0.5) is 0 Å². The first-order valence-electron chi connectivity index (χ1n) is 5.33. The Balaban J connectivity index is 2.20. The lowest BCUT2D eigenvalue weighted by Crippen LogP contribution is -2.45. The lowest BCUT2D eigenvalue weighted by Gasteiger charge is -2.25. The fraction of sp³-hybridized carbons (Fsp3) is 0.900. The Morgan fingerprint density at radius 1 is 1.60 bits per heavy atom. The predicted molar refractivity (Wildman–Crippen MR) is 56.7 cm³/mol. The quantitative estimate of drug-likeness (QED) is 0.629. The largest absolute Gasteiger partial charge is 0.378 e. The molecule has 1 amide bonds. The van der Waals surface area contributed by atoms with Crippen molar-refractivity contribution in [1.29, 1.82) is 0 Å². The van der Waals surface area contributed by atoms with Crippen LogP contribution >= 0.6 is 0 Å². The zero-order chi connectivity index (χ0) is 11.1. The van der Waals surface area contributed by atoms with Gasteiger partial charge in [0.25, 0.3) is 0 Å². The minimum atomic E-state index is -0.244. The highest BCUT2D eigenvalue weighted by Crippen LogP contribution is 2.21. The number of ether oxygens (including phenoxy) is 2. The summed E-state index contributed by atoms with van der Waals surface area (Å²) in [4.78, 5) is 11.2. The molecule has 1 aliphatic heterocycles. The maximum atomic E-state index is 11.2. The summed E-state index contributed by atoms with van der Waals surface area (Å²) in [6.45, 7) is 4.89. The second-order valence-electron chi connectivity index (χ2n) is 3.75. The molecule has 1 aliphatic rings. The summed E-state index contributed by atoms with van der Waals surface area (Å²) in [5.41, 5.74) is -0.244. The van der Waals surface area contributed by atoms with Crippen LogP contribution in [0.25, 0.3) is 0 Å². The fourth-order valence-electron chi connectivity index (χ4n) is 1.62. The van der Waals surface area contributed by atoms with Gasteiger partial charge in [0.05, 0.1) is 13.2 Å². The number of carbonyl (C=O) groups is 1. The van der Waals surface area contributed by atoms with Crippen LogP contribution in [0.15, 0.2) is 0 Å². The number of hydrogen-bond acceptors (Lipinski definition) is 4. The molecule has 0 aromatic rings. The van der Waals surface area contributed by atoms with Crippen LogP contribution < -0.4 is 10.6 Å². The number of rotatable bonds is 6. The summed E-state index contributed by atoms with van der Waals surface area (Å²) in [6.07, 6.45) is 0.881. The Hall–Kier alpha value is -0.650. The highest BCUT2D eigenvalue weighted by Gasteiger charge is 2.34. The molecule has 0 aromatic carbocycles. The van der Waals surface area contributed by atoms with E-state index >= 15 is 0 Å². The summed E-state index contributed by atoms with van der Waals surface area (Å²) in [5.74, 6) is 0.0164. The van der Waals surface area contributed by atoms with E-state index in [1.165, 1.54) is 0 Å². The van der Waals surface area contributed by atoms with Crippen LogP contribution in [0, 0.1) is 0 Å². The van der Waals surface area contributed by atoms with Crippen molar-refractivity contribution in [2.75, 3.05) is 40.0 Å². The van der Waals surface area contributed by atoms with E-state index in [1.807, 2.05) is 6.92 Å². The average Bonchev–Trinajstić information content (AvgIpc) is 2.68. The van der Waals surface area contributed by atoms with Gasteiger partial charge in [0.15, 0.2) is 0 Å². The van der Waals surface area contributed by atoms with Gasteiger partial charge in [0.1, 0.15) is 5.60 Å². The van der Waals surface area contributed by atoms with Crippen molar-refractivity contribution < 1.29 is 14.3 Å². The van der Waals surface area contributed by atoms with E-state index in [-0.39, 0.29) is 11.5 Å². The molecule has 0 saturated carbocycles. The predicted octanol–water partition coefficient (Wildman–Crippen LogP) is -0.482. The van der Waals surface area contributed by atoms with E-state index in [0.717, 1.165) is 13.0 Å². The normalized spacial score (nSPS) is 25.5. The lowest BCUT2D eigenvalue weighted by molar-refractivity contribution is -0.120. The lowest BCUT2D eigenvalue weighted by atomic mass is 10.0. The van der Waals surface area contributed by atoms with Crippen molar-refractivity contribution in [1.82, 2.24) is 10.6 Å². The van der Waals surface area contributed by atoms with Crippen LogP contribution in [-0.4, -0.2) is 51.5 Å². The molecule has 0 aliphatic carbocycles. The number of carbonyl (C=O) groups excluding carboxylic acids is 1. The molecule has 1 fully saturated rings. The van der Waals surface area contributed by atoms with E-state index in [0.29, 0.717) is 26.2 Å². The van der Waals surface area contributed by atoms with E-state index in [4.69, 9.17) is 9.47 Å². The fourth-order valence-corrected chi connectivity index (χ4v) is 1.62. The number of amides is 1. The third-order valence-corrected chi connectivity index (χ3v) is 2.61. The van der Waals surface area contributed by atoms with E-state index < -0.39 is 0 Å². The molecule has 2 N–H and O–H groups in total. The van der Waals surface area contributed by atoms with E-state index in [1.54, 1.807) is 7.11 Å². The first kappa shape index (κ1) is 12.4. The molecule has 88 valence electrons. The summed E-state index contributed by atoms with van der Waals surface area (Å²) < 4.78 is 10.7. The van der Waals surface area contributed by atoms with Crippen LogP contribution in [0.5, 0.6) is 0 Å². The zero-order valence-electron chi connectivity index (χ0n) is 9.47. The number of likely N-dealkylation sites (N-methyl/N-ethyl adjacent to an activating group) is 1. The SMILES string of the molecule is CCNC(=O)CNCC1(OC)CCOC1. The molecular weight excluding hydrogens is 196 g/mol. The van der Waals surface area contributed by atoms with E-state index in [2.05, 4.69) is 10.6 Å². The Morgan fingerprint density at radius 3 is 2.93 bits per heavy atom. The van der Waals surface area contributed by atoms with Gasteiger partial charge in [-0.2, -0.15) is 0 Å². The molecule has 0 bridgehead atoms. The maximum Gasteiger partial charge on any atom is 0.233 e. The smallest absolute Gasteiger partial charge is 0.233 e. The summed E-state index contributed by atoms with van der Waals surface area (Å²) in [6, 6.07) is 0. The Kier molecular flexibility index (Phi) is 5.01. The van der Waals surface area contributed by atoms with Crippen molar-refractivity contribution in [2.45, 2.75) is 18.9 Å². The molecule has 0 radical (unpaired) electrons. The second kappa shape index (κ2) is 6.05. The Labute approximate surface area is 90.5 Å². The monoisotopic (exact) mass is 216 g/mol. The van der Waals surface area contributed by atoms with Crippen LogP contribution in [0.3, 0.4) is 0 Å². The molecule has 5 heteroatoms. The molecular formula is C10H20N2O3. The third kappa shape index (κ3) is 3.77. The topological polar surface area (TPSA) is 59.6 Å². The summed E-state index contributed by atoms with van der Waals surface area (Å²) >= 11 is 0. The van der Waals surface area contributed by atoms with Crippen molar-refractivity contribution in [3.8, 4) is 0 Å². The Morgan fingerprint density at radius 2 is 2.40 bits per heavy atom. The number of nitrogens with one attached hydrogen (secondary N) is 2. The van der Waals surface area contributed by atoms with Crippen LogP contribution in [-0.2, 0) is 14.3 Å². The minimum Gasteiger partial charge on any atom is -0.378 e. The van der Waals surface area contributed by atoms with Gasteiger partial charge in [0.2, 0.25) is 5.91 Å². The van der Waals surface area contributed by atoms with Crippen molar-refractivity contribution in [3.63, 3.8) is 0 Å². The molecule has 0 spiro atoms. The Bertz CT molecular complexity index is 203. The summed E-state index contributed by atoms with van der Waals surface area (Å²) in [7, 11) is 1.68. The molecule has 15 heavy (non-hydrogen) atoms. The molecule has 1 unspecified atom stereocenters. The van der Waals surface area contributed by atoms with Crippen molar-refractivity contribution in [3.05, 3.63) is 0 Å². The maximum absolute atomic E-state index is 11.2. The van der Waals surface area contributed by atoms with Gasteiger partial charge in [0, 0.05) is 33.2 Å². The molecule has 1 atom stereocenters. The zero-order valence-corrected chi connectivity index (χ0v) is 9.47. The number of hydrogen-bond donors (Lipinski definition) is 2. The van der Waals surface area contributed by atoms with Gasteiger partial charge in [-0.1, -0.05) is 0 Å². The minimum absolute atomic E-state index is 0.0164. The standard InChI is InChI=1S/C10H20N2O3/c1-3-12-9(13)6-11-7-10(14-2)4-5-15-8-10/h11H,3-8H2,1-2H3,(H,12,13). The van der Waals surface area contributed by atoms with E-state index in [9.17, 15) is 4.79 Å². The second-order valence-corrected chi connectivity index (χ2v) is 3.75. The van der Waals surface area contributed by atoms with Gasteiger partial charge in [-0.3, -0.25) is 4.79 Å². The average molecular weight is 216 g/mol. The number of methoxy groups -OCH3 is 1. The first-order chi connectivity index (χ1) is 7.22. The third-order valence-electron chi connectivity index (χ3n) is 2.61. The van der Waals surface area contributed by atoms with Gasteiger partial charge >= 0.3 is 0 Å². The van der Waals surface area contributed by atoms with Crippen molar-refractivity contribution in [2.24, 2.45) is 0 Å². The van der Waals surface area contributed by atoms with Crippen molar-refractivity contribution >= 4 is 5.91 Å². The van der Waals surface area contributed by atoms with Gasteiger partial charge < -0.3 is 20.1 Å². The van der Waals surface area contributed by atoms with Gasteiger partial charge in [-0.15, -0.1) is 0 Å². The molecule has 1 heterocycles. The highest BCUT2D eigenvalue weighted by molar-refractivity contribution is 5.77. The van der Waals surface area contributed by atoms with Gasteiger partial charge in [-0.05, 0) is 6.92 Å².